The van der Waals surface area contributed by atoms with Crippen molar-refractivity contribution in [1.82, 2.24) is 10.3 Å². The summed E-state index contributed by atoms with van der Waals surface area (Å²) in [7, 11) is 0. The topological polar surface area (TPSA) is 24.9 Å². The van der Waals surface area contributed by atoms with Gasteiger partial charge in [0.1, 0.15) is 5.01 Å². The van der Waals surface area contributed by atoms with Crippen LogP contribution in [0.2, 0.25) is 0 Å². The molecule has 0 aliphatic carbocycles. The minimum absolute atomic E-state index is 0.503. The summed E-state index contributed by atoms with van der Waals surface area (Å²) in [5, 5.41) is 4.52. The van der Waals surface area contributed by atoms with Crippen molar-refractivity contribution in [2.24, 2.45) is 0 Å². The number of nitrogens with one attached hydrogen (secondary N) is 1. The molecule has 0 atom stereocenters. The highest BCUT2D eigenvalue weighted by Crippen LogP contribution is 2.30. The Hall–Kier alpha value is -0.710. The lowest BCUT2D eigenvalue weighted by molar-refractivity contribution is 0.593. The number of halogens is 1. The molecule has 2 nitrogen and oxygen atoms in total. The Kier molecular flexibility index (Phi) is 4.76. The van der Waals surface area contributed by atoms with Gasteiger partial charge in [0.15, 0.2) is 0 Å². The van der Waals surface area contributed by atoms with Crippen molar-refractivity contribution in [3.63, 3.8) is 0 Å². The molecule has 0 saturated heterocycles. The molecule has 1 heterocycles. The highest BCUT2D eigenvalue weighted by atomic mass is 79.9. The van der Waals surface area contributed by atoms with Crippen molar-refractivity contribution in [1.29, 1.82) is 0 Å². The summed E-state index contributed by atoms with van der Waals surface area (Å²) in [6.07, 6.45) is 1.97. The van der Waals surface area contributed by atoms with Crippen LogP contribution in [0.1, 0.15) is 29.9 Å². The minimum Gasteiger partial charge on any atom is -0.310 e. The van der Waals surface area contributed by atoms with Gasteiger partial charge in [-0.25, -0.2) is 4.98 Å². The molecule has 19 heavy (non-hydrogen) atoms. The van der Waals surface area contributed by atoms with E-state index in [4.69, 9.17) is 0 Å². The van der Waals surface area contributed by atoms with Gasteiger partial charge in [0.05, 0.1) is 0 Å². The zero-order valence-electron chi connectivity index (χ0n) is 11.7. The predicted octanol–water partition coefficient (Wildman–Crippen LogP) is 4.69. The van der Waals surface area contributed by atoms with Gasteiger partial charge < -0.3 is 5.32 Å². The van der Waals surface area contributed by atoms with Crippen LogP contribution in [0.3, 0.4) is 0 Å². The van der Waals surface area contributed by atoms with Gasteiger partial charge in [-0.15, -0.1) is 11.3 Å². The number of benzene rings is 1. The first-order chi connectivity index (χ1) is 8.97. The Morgan fingerprint density at radius 1 is 1.26 bits per heavy atom. The Bertz CT molecular complexity index is 552. The van der Waals surface area contributed by atoms with Gasteiger partial charge >= 0.3 is 0 Å². The molecule has 1 N–H and O–H groups in total. The quantitative estimate of drug-likeness (QED) is 0.874. The molecule has 1 aromatic carbocycles. The van der Waals surface area contributed by atoms with Crippen LogP contribution in [0.4, 0.5) is 0 Å². The van der Waals surface area contributed by atoms with Crippen LogP contribution in [0.5, 0.6) is 0 Å². The molecule has 2 aromatic rings. The van der Waals surface area contributed by atoms with Crippen molar-refractivity contribution in [2.45, 2.75) is 40.3 Å². The number of aromatic nitrogens is 1. The van der Waals surface area contributed by atoms with Crippen molar-refractivity contribution < 1.29 is 0 Å². The minimum atomic E-state index is 0.503. The van der Waals surface area contributed by atoms with E-state index in [1.807, 2.05) is 6.20 Å². The summed E-state index contributed by atoms with van der Waals surface area (Å²) in [4.78, 5) is 5.82. The van der Waals surface area contributed by atoms with Gasteiger partial charge in [0, 0.05) is 33.7 Å². The molecule has 0 amide bonds. The summed E-state index contributed by atoms with van der Waals surface area (Å²) in [6, 6.07) is 4.88. The second kappa shape index (κ2) is 6.16. The number of nitrogens with zero attached hydrogens (tertiary/aromatic N) is 1. The fourth-order valence-corrected chi connectivity index (χ4v) is 2.98. The second-order valence-electron chi connectivity index (χ2n) is 5.09. The van der Waals surface area contributed by atoms with Crippen molar-refractivity contribution in [3.05, 3.63) is 38.8 Å². The van der Waals surface area contributed by atoms with E-state index in [9.17, 15) is 0 Å². The third-order valence-corrected chi connectivity index (χ3v) is 5.22. The molecule has 0 spiro atoms. The predicted molar refractivity (Wildman–Crippen MR) is 86.7 cm³/mol. The smallest absolute Gasteiger partial charge is 0.123 e. The van der Waals surface area contributed by atoms with Gasteiger partial charge in [-0.05, 0) is 37.1 Å². The van der Waals surface area contributed by atoms with Crippen LogP contribution < -0.4 is 5.32 Å². The number of hydrogen-bond donors (Lipinski definition) is 1. The second-order valence-corrected chi connectivity index (χ2v) is 7.00. The van der Waals surface area contributed by atoms with E-state index in [1.54, 1.807) is 11.3 Å². The average Bonchev–Trinajstić information content (AvgIpc) is 2.81. The van der Waals surface area contributed by atoms with E-state index in [-0.39, 0.29) is 0 Å². The monoisotopic (exact) mass is 338 g/mol. The summed E-state index contributed by atoms with van der Waals surface area (Å²) >= 11 is 5.37. The lowest BCUT2D eigenvalue weighted by Crippen LogP contribution is -2.21. The molecule has 102 valence electrons. The van der Waals surface area contributed by atoms with Gasteiger partial charge in [-0.1, -0.05) is 29.8 Å². The van der Waals surface area contributed by atoms with Crippen LogP contribution in [0.25, 0.3) is 10.6 Å². The molecule has 1 aromatic heterocycles. The van der Waals surface area contributed by atoms with Gasteiger partial charge in [-0.3, -0.25) is 0 Å². The lowest BCUT2D eigenvalue weighted by atomic mass is 10.1. The third kappa shape index (κ3) is 3.65. The summed E-state index contributed by atoms with van der Waals surface area (Å²) in [6.45, 7) is 9.45. The first kappa shape index (κ1) is 14.7. The number of thiazole rings is 1. The molecular formula is C15H19BrN2S. The summed E-state index contributed by atoms with van der Waals surface area (Å²) in [5.74, 6) is 0. The van der Waals surface area contributed by atoms with E-state index in [0.717, 1.165) is 11.6 Å². The molecule has 0 saturated carbocycles. The van der Waals surface area contributed by atoms with Crippen LogP contribution in [0.15, 0.2) is 22.8 Å². The zero-order valence-corrected chi connectivity index (χ0v) is 14.2. The van der Waals surface area contributed by atoms with E-state index < -0.39 is 0 Å². The lowest BCUT2D eigenvalue weighted by Gasteiger charge is -2.06. The maximum absolute atomic E-state index is 4.54. The highest BCUT2D eigenvalue weighted by molar-refractivity contribution is 9.10. The van der Waals surface area contributed by atoms with E-state index in [1.165, 1.54) is 26.0 Å². The highest BCUT2D eigenvalue weighted by Gasteiger charge is 2.08. The van der Waals surface area contributed by atoms with Crippen LogP contribution in [-0.2, 0) is 6.54 Å². The molecule has 0 aliphatic heterocycles. The number of hydrogen-bond acceptors (Lipinski definition) is 3. The average molecular weight is 339 g/mol. The fraction of sp³-hybridized carbons (Fsp3) is 0.400. The Balaban J connectivity index is 2.23. The van der Waals surface area contributed by atoms with Crippen LogP contribution >= 0.6 is 27.3 Å². The SMILES string of the molecule is Cc1cc(-c2ncc(CNC(C)C)s2)cc(C)c1Br. The molecule has 2 rings (SSSR count). The zero-order chi connectivity index (χ0) is 14.0. The molecule has 0 unspecified atom stereocenters. The molecule has 0 fully saturated rings. The first-order valence-electron chi connectivity index (χ1n) is 6.42. The Labute approximate surface area is 127 Å². The molecule has 0 radical (unpaired) electrons. The first-order valence-corrected chi connectivity index (χ1v) is 8.03. The van der Waals surface area contributed by atoms with Gasteiger partial charge in [0.2, 0.25) is 0 Å². The summed E-state index contributed by atoms with van der Waals surface area (Å²) < 4.78 is 1.19. The normalized spacial score (nSPS) is 11.3. The Morgan fingerprint density at radius 3 is 2.47 bits per heavy atom. The van der Waals surface area contributed by atoms with E-state index >= 15 is 0 Å². The van der Waals surface area contributed by atoms with E-state index in [2.05, 4.69) is 66.1 Å². The fourth-order valence-electron chi connectivity index (χ4n) is 1.90. The molecule has 0 bridgehead atoms. The standard InChI is InChI=1S/C15H19BrN2S/c1-9(2)17-7-13-8-18-15(19-13)12-5-10(3)14(16)11(4)6-12/h5-6,8-9,17H,7H2,1-4H3. The van der Waals surface area contributed by atoms with Crippen molar-refractivity contribution in [2.75, 3.05) is 0 Å². The van der Waals surface area contributed by atoms with E-state index in [0.29, 0.717) is 6.04 Å². The summed E-state index contributed by atoms with van der Waals surface area (Å²) in [5.41, 5.74) is 3.72. The molecule has 4 heteroatoms. The number of rotatable bonds is 4. The number of aryl methyl sites for hydroxylation is 2. The van der Waals surface area contributed by atoms with Crippen LogP contribution in [0, 0.1) is 13.8 Å². The van der Waals surface area contributed by atoms with Gasteiger partial charge in [-0.2, -0.15) is 0 Å². The molecular weight excluding hydrogens is 320 g/mol. The molecule has 0 aliphatic rings. The van der Waals surface area contributed by atoms with Crippen molar-refractivity contribution in [3.8, 4) is 10.6 Å². The third-order valence-electron chi connectivity index (χ3n) is 2.92. The van der Waals surface area contributed by atoms with Gasteiger partial charge in [0.25, 0.3) is 0 Å². The maximum atomic E-state index is 4.54. The van der Waals surface area contributed by atoms with Crippen molar-refractivity contribution >= 4 is 27.3 Å². The maximum Gasteiger partial charge on any atom is 0.123 e. The Morgan fingerprint density at radius 2 is 1.89 bits per heavy atom. The van der Waals surface area contributed by atoms with Crippen LogP contribution in [-0.4, -0.2) is 11.0 Å². The largest absolute Gasteiger partial charge is 0.310 e.